The highest BCUT2D eigenvalue weighted by Crippen LogP contribution is 2.25. The zero-order chi connectivity index (χ0) is 17.8. The Morgan fingerprint density at radius 3 is 2.19 bits per heavy atom. The van der Waals surface area contributed by atoms with Crippen molar-refractivity contribution in [2.45, 2.75) is 38.5 Å². The van der Waals surface area contributed by atoms with E-state index in [1.165, 1.54) is 22.3 Å². The molecule has 0 spiro atoms. The van der Waals surface area contributed by atoms with Crippen LogP contribution in [0.4, 0.5) is 0 Å². The van der Waals surface area contributed by atoms with Crippen molar-refractivity contribution in [2.24, 2.45) is 0 Å². The molecule has 0 saturated heterocycles. The number of aromatic nitrogens is 1. The van der Waals surface area contributed by atoms with Gasteiger partial charge in [0.25, 0.3) is 0 Å². The van der Waals surface area contributed by atoms with E-state index < -0.39 is 0 Å². The van der Waals surface area contributed by atoms with Gasteiger partial charge in [-0.1, -0.05) is 42.5 Å². The number of aryl methyl sites for hydroxylation is 3. The van der Waals surface area contributed by atoms with E-state index in [9.17, 15) is 4.79 Å². The molecule has 1 heterocycles. The Bertz CT molecular complexity index is 929. The van der Waals surface area contributed by atoms with Gasteiger partial charge < -0.3 is 0 Å². The van der Waals surface area contributed by atoms with Gasteiger partial charge in [0, 0.05) is 23.7 Å². The number of rotatable bonds is 0. The summed E-state index contributed by atoms with van der Waals surface area (Å²) in [5.74, 6) is 0.258. The van der Waals surface area contributed by atoms with Gasteiger partial charge in [0.1, 0.15) is 0 Å². The lowest BCUT2D eigenvalue weighted by Crippen LogP contribution is -2.01. The first-order valence-electron chi connectivity index (χ1n) is 9.45. The fourth-order valence-electron chi connectivity index (χ4n) is 3.71. The molecule has 4 bridgehead atoms. The third kappa shape index (κ3) is 3.75. The number of Topliss-reactive ketones (excluding diaryl/α,β-unsaturated/α-hetero) is 1. The fraction of sp³-hybridized carbons (Fsp3) is 0.250. The highest BCUT2D eigenvalue weighted by atomic mass is 16.1. The van der Waals surface area contributed by atoms with Crippen molar-refractivity contribution >= 4 is 5.78 Å². The average Bonchev–Trinajstić information content (AvgIpc) is 2.70. The largest absolute Gasteiger partial charge is 0.294 e. The molecule has 1 aliphatic rings. The predicted molar refractivity (Wildman–Crippen MR) is 105 cm³/mol. The number of ketones is 1. The molecule has 0 fully saturated rings. The summed E-state index contributed by atoms with van der Waals surface area (Å²) in [5.41, 5.74) is 6.94. The molecule has 0 unspecified atom stereocenters. The Hall–Kier alpha value is -2.74. The maximum atomic E-state index is 12.5. The average molecular weight is 341 g/mol. The second-order valence-electron chi connectivity index (χ2n) is 7.04. The van der Waals surface area contributed by atoms with E-state index in [1.807, 2.05) is 24.4 Å². The van der Waals surface area contributed by atoms with E-state index in [0.29, 0.717) is 6.42 Å². The van der Waals surface area contributed by atoms with Gasteiger partial charge in [-0.25, -0.2) is 0 Å². The summed E-state index contributed by atoms with van der Waals surface area (Å²) in [5, 5.41) is 0. The van der Waals surface area contributed by atoms with Crippen LogP contribution in [0, 0.1) is 0 Å². The van der Waals surface area contributed by atoms with Crippen LogP contribution in [-0.2, 0) is 19.3 Å². The maximum Gasteiger partial charge on any atom is 0.162 e. The van der Waals surface area contributed by atoms with Crippen molar-refractivity contribution in [1.29, 1.82) is 0 Å². The predicted octanol–water partition coefficient (Wildman–Crippen LogP) is 5.44. The van der Waals surface area contributed by atoms with Crippen LogP contribution in [0.5, 0.6) is 0 Å². The Balaban J connectivity index is 1.71. The first kappa shape index (κ1) is 16.7. The summed E-state index contributed by atoms with van der Waals surface area (Å²) in [6.45, 7) is 0. The molecule has 26 heavy (non-hydrogen) atoms. The summed E-state index contributed by atoms with van der Waals surface area (Å²) in [6.07, 6.45) is 7.27. The Kier molecular flexibility index (Phi) is 4.92. The number of benzene rings is 2. The number of carbonyl (C=O) groups is 1. The number of fused-ring (bicyclic) bond motifs is 6. The van der Waals surface area contributed by atoms with Gasteiger partial charge in [-0.05, 0) is 67.0 Å². The molecule has 0 atom stereocenters. The lowest BCUT2D eigenvalue weighted by Gasteiger charge is -2.10. The zero-order valence-corrected chi connectivity index (χ0v) is 14.9. The highest BCUT2D eigenvalue weighted by molar-refractivity contribution is 5.96. The number of pyridine rings is 1. The lowest BCUT2D eigenvalue weighted by molar-refractivity contribution is 0.0979. The van der Waals surface area contributed by atoms with E-state index in [2.05, 4.69) is 47.4 Å². The third-order valence-corrected chi connectivity index (χ3v) is 5.14. The van der Waals surface area contributed by atoms with Crippen molar-refractivity contribution in [2.75, 3.05) is 0 Å². The molecule has 0 saturated carbocycles. The molecule has 130 valence electrons. The van der Waals surface area contributed by atoms with Crippen LogP contribution in [0.15, 0.2) is 66.9 Å². The first-order valence-corrected chi connectivity index (χ1v) is 9.45. The molecule has 0 radical (unpaired) electrons. The van der Waals surface area contributed by atoms with Gasteiger partial charge in [-0.3, -0.25) is 9.78 Å². The SMILES string of the molecule is O=C1CCCCc2cccnc2-c2cccc(c2)CCc2cccc1c2. The van der Waals surface area contributed by atoms with E-state index >= 15 is 0 Å². The molecular formula is C24H23NO. The van der Waals surface area contributed by atoms with Gasteiger partial charge in [0.2, 0.25) is 0 Å². The molecule has 4 rings (SSSR count). The Morgan fingerprint density at radius 1 is 0.692 bits per heavy atom. The summed E-state index contributed by atoms with van der Waals surface area (Å²) in [7, 11) is 0. The van der Waals surface area contributed by atoms with E-state index in [-0.39, 0.29) is 5.78 Å². The van der Waals surface area contributed by atoms with Crippen LogP contribution in [0.2, 0.25) is 0 Å². The molecule has 2 nitrogen and oxygen atoms in total. The van der Waals surface area contributed by atoms with Crippen LogP contribution in [0.25, 0.3) is 11.3 Å². The lowest BCUT2D eigenvalue weighted by atomic mass is 9.98. The molecule has 2 heteroatoms. The van der Waals surface area contributed by atoms with Gasteiger partial charge >= 0.3 is 0 Å². The highest BCUT2D eigenvalue weighted by Gasteiger charge is 2.11. The monoisotopic (exact) mass is 341 g/mol. The van der Waals surface area contributed by atoms with E-state index in [1.54, 1.807) is 0 Å². The van der Waals surface area contributed by atoms with Gasteiger partial charge in [0.15, 0.2) is 5.78 Å². The minimum Gasteiger partial charge on any atom is -0.294 e. The quantitative estimate of drug-likeness (QED) is 0.545. The zero-order valence-electron chi connectivity index (χ0n) is 14.9. The van der Waals surface area contributed by atoms with Gasteiger partial charge in [0.05, 0.1) is 5.69 Å². The second kappa shape index (κ2) is 7.65. The standard InChI is InChI=1S/C24H23NO/c26-23-12-2-1-8-20-11-5-15-25-24(20)22-10-4-7-19(17-22)14-13-18-6-3-9-21(23)16-18/h3-7,9-11,15-17H,1-2,8,12-14H2. The topological polar surface area (TPSA) is 30.0 Å². The smallest absolute Gasteiger partial charge is 0.162 e. The van der Waals surface area contributed by atoms with Crippen molar-refractivity contribution in [3.8, 4) is 11.3 Å². The van der Waals surface area contributed by atoms with Gasteiger partial charge in [-0.15, -0.1) is 0 Å². The Morgan fingerprint density at radius 2 is 1.38 bits per heavy atom. The summed E-state index contributed by atoms with van der Waals surface area (Å²) < 4.78 is 0. The maximum absolute atomic E-state index is 12.5. The summed E-state index contributed by atoms with van der Waals surface area (Å²) >= 11 is 0. The molecule has 0 amide bonds. The second-order valence-corrected chi connectivity index (χ2v) is 7.04. The first-order chi connectivity index (χ1) is 12.8. The van der Waals surface area contributed by atoms with Crippen LogP contribution < -0.4 is 0 Å². The number of hydrogen-bond acceptors (Lipinski definition) is 2. The molecule has 0 aliphatic heterocycles. The van der Waals surface area contributed by atoms with Crippen LogP contribution >= 0.6 is 0 Å². The van der Waals surface area contributed by atoms with Crippen LogP contribution in [-0.4, -0.2) is 10.8 Å². The van der Waals surface area contributed by atoms with Gasteiger partial charge in [-0.2, -0.15) is 0 Å². The summed E-state index contributed by atoms with van der Waals surface area (Å²) in [6, 6.07) is 21.0. The van der Waals surface area contributed by atoms with E-state index in [0.717, 1.165) is 43.4 Å². The van der Waals surface area contributed by atoms with Crippen LogP contribution in [0.1, 0.15) is 46.3 Å². The van der Waals surface area contributed by atoms with E-state index in [4.69, 9.17) is 0 Å². The molecule has 2 aromatic carbocycles. The van der Waals surface area contributed by atoms with Crippen molar-refractivity contribution in [1.82, 2.24) is 4.98 Å². The minimum absolute atomic E-state index is 0.258. The molecular weight excluding hydrogens is 318 g/mol. The molecule has 1 aliphatic carbocycles. The number of hydrogen-bond donors (Lipinski definition) is 0. The Labute approximate surface area is 154 Å². The minimum atomic E-state index is 0.258. The summed E-state index contributed by atoms with van der Waals surface area (Å²) in [4.78, 5) is 17.2. The normalized spacial score (nSPS) is 14.8. The van der Waals surface area contributed by atoms with Crippen LogP contribution in [0.3, 0.4) is 0 Å². The fourth-order valence-corrected chi connectivity index (χ4v) is 3.71. The third-order valence-electron chi connectivity index (χ3n) is 5.14. The van der Waals surface area contributed by atoms with Crippen molar-refractivity contribution < 1.29 is 4.79 Å². The number of carbonyl (C=O) groups excluding carboxylic acids is 1. The molecule has 3 aromatic rings. The molecule has 1 aromatic heterocycles. The van der Waals surface area contributed by atoms with Crippen molar-refractivity contribution in [3.63, 3.8) is 0 Å². The van der Waals surface area contributed by atoms with Crippen molar-refractivity contribution in [3.05, 3.63) is 89.1 Å². The molecule has 0 N–H and O–H groups in total. The number of nitrogens with zero attached hydrogens (tertiary/aromatic N) is 1.